The number of rotatable bonds is 9. The summed E-state index contributed by atoms with van der Waals surface area (Å²) in [4.78, 5) is 28.5. The number of aliphatic carboxylic acids is 1. The van der Waals surface area contributed by atoms with Crippen LogP contribution in [0.5, 0.6) is 0 Å². The van der Waals surface area contributed by atoms with Crippen LogP contribution in [0.3, 0.4) is 0 Å². The van der Waals surface area contributed by atoms with Crippen LogP contribution in [-0.2, 0) is 27.5 Å². The topological polar surface area (TPSA) is 81.0 Å². The number of benzene rings is 1. The van der Waals surface area contributed by atoms with Crippen molar-refractivity contribution in [3.63, 3.8) is 0 Å². The lowest BCUT2D eigenvalue weighted by atomic mass is 10.2. The number of amides is 1. The molecule has 1 heterocycles. The maximum absolute atomic E-state index is 12.0. The van der Waals surface area contributed by atoms with Crippen molar-refractivity contribution in [2.45, 2.75) is 45.3 Å². The minimum atomic E-state index is -1.26. The number of hydrogen-bond acceptors (Lipinski definition) is 4. The largest absolute Gasteiger partial charge is 0.481 e. The first-order chi connectivity index (χ1) is 12.7. The van der Waals surface area contributed by atoms with E-state index in [4.69, 9.17) is 14.7 Å². The number of aromatic nitrogens is 1. The van der Waals surface area contributed by atoms with Gasteiger partial charge in [-0.2, -0.15) is 5.06 Å². The number of carbonyl (C=O) groups excluding carboxylic acids is 1. The van der Waals surface area contributed by atoms with Gasteiger partial charge in [-0.05, 0) is 23.6 Å². The van der Waals surface area contributed by atoms with Gasteiger partial charge in [0.05, 0.1) is 13.0 Å². The zero-order chi connectivity index (χ0) is 20.0. The lowest BCUT2D eigenvalue weighted by Gasteiger charge is -2.19. The summed E-state index contributed by atoms with van der Waals surface area (Å²) < 4.78 is 7.16. The summed E-state index contributed by atoms with van der Waals surface area (Å²) in [5.41, 5.74) is 1.75. The van der Waals surface area contributed by atoms with Crippen molar-refractivity contribution >= 4 is 31.0 Å². The average Bonchev–Trinajstić information content (AvgIpc) is 2.94. The van der Waals surface area contributed by atoms with Crippen LogP contribution in [0.4, 0.5) is 4.79 Å². The van der Waals surface area contributed by atoms with Gasteiger partial charge in [0.2, 0.25) is 0 Å². The summed E-state index contributed by atoms with van der Waals surface area (Å²) in [5, 5.41) is 11.1. The fourth-order valence-corrected chi connectivity index (χ4v) is 3.32. The van der Waals surface area contributed by atoms with E-state index in [2.05, 4.69) is 19.6 Å². The summed E-state index contributed by atoms with van der Waals surface area (Å²) in [6, 6.07) is 10.6. The van der Waals surface area contributed by atoms with Gasteiger partial charge in [-0.25, -0.2) is 4.79 Å². The number of aryl methyl sites for hydroxylation is 1. The number of ether oxygens (including phenoxy) is 1. The lowest BCUT2D eigenvalue weighted by molar-refractivity contribution is -0.137. The van der Waals surface area contributed by atoms with Crippen molar-refractivity contribution < 1.29 is 24.3 Å². The van der Waals surface area contributed by atoms with E-state index in [1.54, 1.807) is 0 Å². The molecule has 0 saturated carbocycles. The highest BCUT2D eigenvalue weighted by Crippen LogP contribution is 2.21. The molecule has 0 radical (unpaired) electrons. The molecule has 27 heavy (non-hydrogen) atoms. The number of carboxylic acid groups (broad SMARTS) is 1. The Balaban J connectivity index is 1.99. The SMILES string of the molecule is CN(OCc1cc2ccccc2n1CCC(=O)O)C(=O)OCC[Si](C)(C)C. The smallest absolute Gasteiger partial charge is 0.433 e. The molecule has 1 aromatic heterocycles. The van der Waals surface area contributed by atoms with Gasteiger partial charge in [-0.3, -0.25) is 9.63 Å². The van der Waals surface area contributed by atoms with E-state index in [1.165, 1.54) is 7.05 Å². The van der Waals surface area contributed by atoms with Gasteiger partial charge in [0.25, 0.3) is 0 Å². The van der Waals surface area contributed by atoms with Crippen molar-refractivity contribution in [1.82, 2.24) is 9.63 Å². The first kappa shape index (κ1) is 21.0. The van der Waals surface area contributed by atoms with E-state index in [1.807, 2.05) is 34.9 Å². The molecule has 0 spiro atoms. The first-order valence-corrected chi connectivity index (χ1v) is 12.7. The Morgan fingerprint density at radius 3 is 2.59 bits per heavy atom. The number of carbonyl (C=O) groups is 2. The third kappa shape index (κ3) is 6.41. The van der Waals surface area contributed by atoms with Crippen LogP contribution in [0.25, 0.3) is 10.9 Å². The fourth-order valence-electron chi connectivity index (χ4n) is 2.61. The molecule has 0 bridgehead atoms. The normalized spacial score (nSPS) is 11.6. The molecule has 0 aliphatic rings. The number of para-hydroxylation sites is 1. The molecule has 0 saturated heterocycles. The lowest BCUT2D eigenvalue weighted by Crippen LogP contribution is -2.30. The van der Waals surface area contributed by atoms with Crippen LogP contribution in [0.1, 0.15) is 12.1 Å². The third-order valence-electron chi connectivity index (χ3n) is 4.19. The number of hydrogen-bond donors (Lipinski definition) is 1. The molecule has 0 aliphatic heterocycles. The molecule has 2 aromatic rings. The van der Waals surface area contributed by atoms with E-state index in [0.29, 0.717) is 13.2 Å². The summed E-state index contributed by atoms with van der Waals surface area (Å²) in [7, 11) is 0.252. The zero-order valence-electron chi connectivity index (χ0n) is 16.4. The quantitative estimate of drug-likeness (QED) is 0.516. The summed E-state index contributed by atoms with van der Waals surface area (Å²) in [6.07, 6.45) is -0.512. The van der Waals surface area contributed by atoms with Gasteiger partial charge in [-0.1, -0.05) is 37.8 Å². The zero-order valence-corrected chi connectivity index (χ0v) is 17.4. The van der Waals surface area contributed by atoms with Gasteiger partial charge in [0, 0.05) is 32.9 Å². The molecule has 1 N–H and O–H groups in total. The molecule has 0 fully saturated rings. The second kappa shape index (κ2) is 9.05. The van der Waals surface area contributed by atoms with Crippen molar-refractivity contribution in [3.05, 3.63) is 36.0 Å². The molecule has 0 unspecified atom stereocenters. The number of carboxylic acids is 1. The van der Waals surface area contributed by atoms with Gasteiger partial charge in [-0.15, -0.1) is 0 Å². The molecule has 0 atom stereocenters. The maximum atomic E-state index is 12.0. The van der Waals surface area contributed by atoms with Crippen LogP contribution in [-0.4, -0.2) is 48.5 Å². The standard InChI is InChI=1S/C19H28N2O5Si/c1-20(19(24)25-11-12-27(2,3)4)26-14-16-13-15-7-5-6-8-17(15)21(16)10-9-18(22)23/h5-8,13H,9-12,14H2,1-4H3,(H,22,23). The minimum absolute atomic E-state index is 0.0141. The fraction of sp³-hybridized carbons (Fsp3) is 0.474. The Labute approximate surface area is 160 Å². The van der Waals surface area contributed by atoms with Crippen LogP contribution >= 0.6 is 0 Å². The predicted octanol–water partition coefficient (Wildman–Crippen LogP) is 3.95. The predicted molar refractivity (Wildman–Crippen MR) is 106 cm³/mol. The van der Waals surface area contributed by atoms with E-state index in [0.717, 1.165) is 27.7 Å². The highest BCUT2D eigenvalue weighted by atomic mass is 28.3. The van der Waals surface area contributed by atoms with Crippen LogP contribution in [0, 0.1) is 0 Å². The molecule has 2 rings (SSSR count). The second-order valence-corrected chi connectivity index (χ2v) is 13.3. The van der Waals surface area contributed by atoms with Crippen LogP contribution in [0.15, 0.2) is 30.3 Å². The summed E-state index contributed by atoms with van der Waals surface area (Å²) in [5.74, 6) is -0.859. The van der Waals surface area contributed by atoms with Gasteiger partial charge >= 0.3 is 12.1 Å². The molecule has 148 valence electrons. The van der Waals surface area contributed by atoms with Gasteiger partial charge < -0.3 is 14.4 Å². The Kier molecular flexibility index (Phi) is 7.03. The third-order valence-corrected chi connectivity index (χ3v) is 5.89. The number of nitrogens with zero attached hydrogens (tertiary/aromatic N) is 2. The average molecular weight is 393 g/mol. The monoisotopic (exact) mass is 392 g/mol. The van der Waals surface area contributed by atoms with E-state index < -0.39 is 20.1 Å². The van der Waals surface area contributed by atoms with Crippen LogP contribution in [0.2, 0.25) is 25.7 Å². The second-order valence-electron chi connectivity index (χ2n) is 7.69. The van der Waals surface area contributed by atoms with Crippen molar-refractivity contribution in [2.24, 2.45) is 0 Å². The summed E-state index contributed by atoms with van der Waals surface area (Å²) >= 11 is 0. The molecule has 7 nitrogen and oxygen atoms in total. The highest BCUT2D eigenvalue weighted by molar-refractivity contribution is 6.76. The maximum Gasteiger partial charge on any atom is 0.433 e. The van der Waals surface area contributed by atoms with Crippen molar-refractivity contribution in [2.75, 3.05) is 13.7 Å². The van der Waals surface area contributed by atoms with Gasteiger partial charge in [0.1, 0.15) is 6.61 Å². The first-order valence-electron chi connectivity index (χ1n) is 9.00. The number of hydroxylamine groups is 2. The Morgan fingerprint density at radius 1 is 1.22 bits per heavy atom. The number of fused-ring (bicyclic) bond motifs is 1. The van der Waals surface area contributed by atoms with Gasteiger partial charge in [0.15, 0.2) is 0 Å². The Bertz CT molecular complexity index is 797. The molecular weight excluding hydrogens is 364 g/mol. The molecule has 8 heteroatoms. The summed E-state index contributed by atoms with van der Waals surface area (Å²) in [6.45, 7) is 7.53. The highest BCUT2D eigenvalue weighted by Gasteiger charge is 2.17. The Hall–Kier alpha value is -2.32. The van der Waals surface area contributed by atoms with E-state index in [9.17, 15) is 9.59 Å². The van der Waals surface area contributed by atoms with E-state index >= 15 is 0 Å². The molecular formula is C19H28N2O5Si. The molecule has 1 aromatic carbocycles. The molecule has 0 aliphatic carbocycles. The minimum Gasteiger partial charge on any atom is -0.481 e. The van der Waals surface area contributed by atoms with Crippen molar-refractivity contribution in [1.29, 1.82) is 0 Å². The Morgan fingerprint density at radius 2 is 1.93 bits per heavy atom. The van der Waals surface area contributed by atoms with Crippen molar-refractivity contribution in [3.8, 4) is 0 Å². The van der Waals surface area contributed by atoms with Crippen LogP contribution < -0.4 is 0 Å². The van der Waals surface area contributed by atoms with E-state index in [-0.39, 0.29) is 13.0 Å². The molecule has 1 amide bonds.